The fraction of sp³-hybridized carbons (Fsp3) is 0.0455. The summed E-state index contributed by atoms with van der Waals surface area (Å²) in [6.07, 6.45) is 12.6. The molecule has 2 aliphatic rings. The van der Waals surface area contributed by atoms with Crippen molar-refractivity contribution < 1.29 is 10.2 Å². The maximum atomic E-state index is 9.09. The standard InChI is InChI=1S/2C11H10N2O/c14-10-4-2-9(3-5-10)8-11-12-6-1-7-13-11;14-11-3-1-9(2-4-11)5-10-6-12-8-13-7-10/h1-8,12,14H;1-6,8,14H,7H2. The van der Waals surface area contributed by atoms with Crippen LogP contribution in [-0.4, -0.2) is 35.5 Å². The molecule has 0 unspecified atom stereocenters. The van der Waals surface area contributed by atoms with Crippen molar-refractivity contribution in [2.75, 3.05) is 6.54 Å². The van der Waals surface area contributed by atoms with Gasteiger partial charge >= 0.3 is 0 Å². The van der Waals surface area contributed by atoms with E-state index < -0.39 is 0 Å². The van der Waals surface area contributed by atoms with Gasteiger partial charge in [0.15, 0.2) is 0 Å². The van der Waals surface area contributed by atoms with Gasteiger partial charge in [-0.3, -0.25) is 4.99 Å². The molecule has 0 fully saturated rings. The van der Waals surface area contributed by atoms with Gasteiger partial charge in [0.05, 0.1) is 6.54 Å². The molecule has 0 atom stereocenters. The van der Waals surface area contributed by atoms with E-state index in [1.807, 2.05) is 48.7 Å². The van der Waals surface area contributed by atoms with Gasteiger partial charge in [-0.2, -0.15) is 0 Å². The van der Waals surface area contributed by atoms with E-state index in [4.69, 9.17) is 10.2 Å². The Labute approximate surface area is 163 Å². The predicted octanol–water partition coefficient (Wildman–Crippen LogP) is 3.77. The third-order valence-corrected chi connectivity index (χ3v) is 3.73. The van der Waals surface area contributed by atoms with E-state index in [1.54, 1.807) is 43.0 Å². The van der Waals surface area contributed by atoms with Crippen LogP contribution in [0.4, 0.5) is 0 Å². The summed E-state index contributed by atoms with van der Waals surface area (Å²) in [6.45, 7) is 0.671. The van der Waals surface area contributed by atoms with Crippen LogP contribution >= 0.6 is 0 Å². The Morgan fingerprint density at radius 1 is 0.857 bits per heavy atom. The molecular weight excluding hydrogens is 352 g/mol. The lowest BCUT2D eigenvalue weighted by Gasteiger charge is -2.04. The van der Waals surface area contributed by atoms with Gasteiger partial charge in [-0.05, 0) is 59.2 Å². The topological polar surface area (TPSA) is 89.6 Å². The quantitative estimate of drug-likeness (QED) is 0.750. The van der Waals surface area contributed by atoms with Crippen LogP contribution in [0.5, 0.6) is 11.5 Å². The first-order valence-corrected chi connectivity index (χ1v) is 8.66. The van der Waals surface area contributed by atoms with Gasteiger partial charge in [-0.25, -0.2) is 9.98 Å². The van der Waals surface area contributed by atoms with Crippen LogP contribution < -0.4 is 5.32 Å². The predicted molar refractivity (Wildman–Crippen MR) is 115 cm³/mol. The Morgan fingerprint density at radius 3 is 2.04 bits per heavy atom. The highest BCUT2D eigenvalue weighted by atomic mass is 16.3. The largest absolute Gasteiger partial charge is 0.508 e. The lowest BCUT2D eigenvalue weighted by molar-refractivity contribution is 0.474. The normalized spacial score (nSPS) is 17.3. The number of rotatable bonds is 2. The summed E-state index contributed by atoms with van der Waals surface area (Å²) in [5, 5.41) is 21.2. The number of allylic oxidation sites excluding steroid dienone is 1. The number of aromatic hydroxyl groups is 2. The molecule has 0 aromatic heterocycles. The van der Waals surface area contributed by atoms with E-state index in [9.17, 15) is 0 Å². The zero-order chi connectivity index (χ0) is 19.6. The summed E-state index contributed by atoms with van der Waals surface area (Å²) in [5.74, 6) is 1.34. The number of nitrogens with one attached hydrogen (secondary N) is 1. The molecular formula is C22H20N4O2. The molecule has 4 rings (SSSR count). The molecule has 0 saturated carbocycles. The van der Waals surface area contributed by atoms with Gasteiger partial charge in [0.25, 0.3) is 0 Å². The minimum absolute atomic E-state index is 0.271. The van der Waals surface area contributed by atoms with Crippen LogP contribution in [0.2, 0.25) is 0 Å². The molecule has 0 radical (unpaired) electrons. The summed E-state index contributed by atoms with van der Waals surface area (Å²) >= 11 is 0. The number of benzene rings is 2. The number of aliphatic imine (C=N–C) groups is 3. The highest BCUT2D eigenvalue weighted by molar-refractivity contribution is 5.92. The second kappa shape index (κ2) is 9.68. The Morgan fingerprint density at radius 2 is 1.50 bits per heavy atom. The van der Waals surface area contributed by atoms with E-state index >= 15 is 0 Å². The second-order valence-corrected chi connectivity index (χ2v) is 5.95. The summed E-state index contributed by atoms with van der Waals surface area (Å²) in [7, 11) is 0. The van der Waals surface area contributed by atoms with Crippen LogP contribution in [0.25, 0.3) is 12.2 Å². The molecule has 0 aliphatic carbocycles. The summed E-state index contributed by atoms with van der Waals surface area (Å²) < 4.78 is 0. The number of phenolic OH excluding ortho intramolecular Hbond substituents is 2. The van der Waals surface area contributed by atoms with Gasteiger partial charge in [-0.15, -0.1) is 0 Å². The van der Waals surface area contributed by atoms with E-state index in [1.165, 1.54) is 0 Å². The average molecular weight is 372 g/mol. The van der Waals surface area contributed by atoms with Gasteiger partial charge in [0, 0.05) is 18.6 Å². The highest BCUT2D eigenvalue weighted by Gasteiger charge is 1.97. The number of phenols is 2. The van der Waals surface area contributed by atoms with E-state index in [-0.39, 0.29) is 11.5 Å². The van der Waals surface area contributed by atoms with Crippen LogP contribution in [0.3, 0.4) is 0 Å². The van der Waals surface area contributed by atoms with Gasteiger partial charge in [-0.1, -0.05) is 24.3 Å². The molecule has 6 nitrogen and oxygen atoms in total. The first-order valence-electron chi connectivity index (χ1n) is 8.66. The Kier molecular flexibility index (Phi) is 6.52. The first kappa shape index (κ1) is 18.8. The fourth-order valence-electron chi connectivity index (χ4n) is 2.38. The van der Waals surface area contributed by atoms with Crippen LogP contribution in [0, 0.1) is 0 Å². The van der Waals surface area contributed by atoms with Crippen molar-refractivity contribution in [1.82, 2.24) is 5.32 Å². The molecule has 140 valence electrons. The lowest BCUT2D eigenvalue weighted by Crippen LogP contribution is -2.05. The third kappa shape index (κ3) is 6.10. The maximum Gasteiger partial charge on any atom is 0.130 e. The molecule has 28 heavy (non-hydrogen) atoms. The Bertz CT molecular complexity index is 885. The number of hydrogen-bond acceptors (Lipinski definition) is 6. The van der Waals surface area contributed by atoms with Crippen LogP contribution in [0.1, 0.15) is 11.1 Å². The minimum atomic E-state index is 0.271. The first-order chi connectivity index (χ1) is 13.7. The molecule has 0 saturated heterocycles. The van der Waals surface area contributed by atoms with E-state index in [0.29, 0.717) is 6.54 Å². The average Bonchev–Trinajstić information content (AvgIpc) is 2.74. The van der Waals surface area contributed by atoms with Crippen molar-refractivity contribution >= 4 is 30.9 Å². The number of hydrogen-bond donors (Lipinski definition) is 3. The summed E-state index contributed by atoms with van der Waals surface area (Å²) in [5.41, 5.74) is 3.11. The van der Waals surface area contributed by atoms with E-state index in [2.05, 4.69) is 20.3 Å². The molecule has 2 aromatic rings. The van der Waals surface area contributed by atoms with Crippen molar-refractivity contribution in [3.63, 3.8) is 0 Å². The molecule has 2 aliphatic heterocycles. The van der Waals surface area contributed by atoms with Crippen LogP contribution in [-0.2, 0) is 0 Å². The van der Waals surface area contributed by atoms with Crippen molar-refractivity contribution in [2.45, 2.75) is 0 Å². The van der Waals surface area contributed by atoms with Crippen molar-refractivity contribution in [3.8, 4) is 11.5 Å². The highest BCUT2D eigenvalue weighted by Crippen LogP contribution is 2.13. The molecule has 0 spiro atoms. The fourth-order valence-corrected chi connectivity index (χ4v) is 2.38. The zero-order valence-corrected chi connectivity index (χ0v) is 15.1. The smallest absolute Gasteiger partial charge is 0.130 e. The summed E-state index contributed by atoms with van der Waals surface area (Å²) in [6, 6.07) is 14.0. The van der Waals surface area contributed by atoms with Crippen molar-refractivity contribution in [3.05, 3.63) is 83.3 Å². The molecule has 3 N–H and O–H groups in total. The molecule has 0 amide bonds. The Hall–Kier alpha value is -3.93. The monoisotopic (exact) mass is 372 g/mol. The lowest BCUT2D eigenvalue weighted by atomic mass is 10.1. The molecule has 6 heteroatoms. The molecule has 2 heterocycles. The third-order valence-electron chi connectivity index (χ3n) is 3.73. The summed E-state index contributed by atoms with van der Waals surface area (Å²) in [4.78, 5) is 12.1. The SMILES string of the molecule is Oc1ccc(C=C2C=NC=NC2)cc1.Oc1ccc(C=C2N=CC=CN2)cc1. The van der Waals surface area contributed by atoms with Gasteiger partial charge in [0.1, 0.15) is 23.7 Å². The Balaban J connectivity index is 0.000000161. The maximum absolute atomic E-state index is 9.09. The minimum Gasteiger partial charge on any atom is -0.508 e. The molecule has 2 aromatic carbocycles. The van der Waals surface area contributed by atoms with E-state index in [0.717, 1.165) is 22.5 Å². The molecule has 0 bridgehead atoms. The van der Waals surface area contributed by atoms with Gasteiger partial charge in [0.2, 0.25) is 0 Å². The van der Waals surface area contributed by atoms with Crippen molar-refractivity contribution in [1.29, 1.82) is 0 Å². The second-order valence-electron chi connectivity index (χ2n) is 5.95. The van der Waals surface area contributed by atoms with Gasteiger partial charge < -0.3 is 15.5 Å². The van der Waals surface area contributed by atoms with Crippen molar-refractivity contribution in [2.24, 2.45) is 15.0 Å². The van der Waals surface area contributed by atoms with Crippen LogP contribution in [0.15, 0.2) is 87.2 Å². The zero-order valence-electron chi connectivity index (χ0n) is 15.1. The number of nitrogens with zero attached hydrogens (tertiary/aromatic N) is 3.